The van der Waals surface area contributed by atoms with Gasteiger partial charge >= 0.3 is 51.4 Å². The molecule has 0 radical (unpaired) electrons. The van der Waals surface area contributed by atoms with E-state index in [9.17, 15) is 0 Å². The molecule has 3 heteroatoms. The van der Waals surface area contributed by atoms with Crippen LogP contribution in [0, 0.1) is 5.51 Å². The first-order chi connectivity index (χ1) is 2.50. The average Bonchev–Trinajstić information content (AvgIpc) is 1.76. The maximum absolute atomic E-state index is 3.62. The van der Waals surface area contributed by atoms with Crippen molar-refractivity contribution in [2.24, 2.45) is 0 Å². The molecule has 6 heavy (non-hydrogen) atoms. The summed E-state index contributed by atoms with van der Waals surface area (Å²) >= 11 is 1.48. The zero-order valence-corrected chi connectivity index (χ0v) is 7.45. The van der Waals surface area contributed by atoms with Crippen LogP contribution in [-0.4, -0.2) is 4.98 Å². The van der Waals surface area contributed by atoms with Crippen LogP contribution in [-0.2, 0) is 0 Å². The second kappa shape index (κ2) is 4.43. The number of nitrogens with zero attached hydrogens (tertiary/aromatic N) is 1. The van der Waals surface area contributed by atoms with Gasteiger partial charge in [-0.2, -0.15) is 0 Å². The number of hydrogen-bond donors (Lipinski definition) is 0. The predicted octanol–water partition coefficient (Wildman–Crippen LogP) is -2.05. The maximum Gasteiger partial charge on any atom is 1.00 e. The van der Waals surface area contributed by atoms with Crippen LogP contribution in [0.1, 0.15) is 0 Å². The van der Waals surface area contributed by atoms with Gasteiger partial charge in [0, 0.05) is 0 Å². The molecule has 0 bridgehead atoms. The zero-order chi connectivity index (χ0) is 3.54. The van der Waals surface area contributed by atoms with E-state index in [2.05, 4.69) is 10.5 Å². The molecule has 26 valence electrons. The molecule has 0 atom stereocenters. The molecule has 0 amide bonds. The summed E-state index contributed by atoms with van der Waals surface area (Å²) in [4.78, 5) is 3.62. The van der Waals surface area contributed by atoms with Gasteiger partial charge in [0.15, 0.2) is 0 Å². The minimum Gasteiger partial charge on any atom is -0.394 e. The van der Waals surface area contributed by atoms with Gasteiger partial charge < -0.3 is 4.98 Å². The van der Waals surface area contributed by atoms with E-state index in [1.165, 1.54) is 11.3 Å². The van der Waals surface area contributed by atoms with Gasteiger partial charge in [0.05, 0.1) is 0 Å². The van der Waals surface area contributed by atoms with Gasteiger partial charge in [0.1, 0.15) is 0 Å². The SMILES string of the molecule is [K+].[c-]1nccs1. The topological polar surface area (TPSA) is 12.9 Å². The van der Waals surface area contributed by atoms with Crippen molar-refractivity contribution in [1.82, 2.24) is 4.98 Å². The van der Waals surface area contributed by atoms with Crippen LogP contribution in [0.2, 0.25) is 0 Å². The van der Waals surface area contributed by atoms with Crippen LogP contribution in [0.25, 0.3) is 0 Å². The molecule has 0 spiro atoms. The van der Waals surface area contributed by atoms with Gasteiger partial charge in [-0.3, -0.25) is 11.3 Å². The summed E-state index contributed by atoms with van der Waals surface area (Å²) < 4.78 is 0. The van der Waals surface area contributed by atoms with Crippen LogP contribution in [0.4, 0.5) is 0 Å². The Balaban J connectivity index is 0.000000250. The van der Waals surface area contributed by atoms with Crippen molar-refractivity contribution in [3.63, 3.8) is 0 Å². The van der Waals surface area contributed by atoms with Gasteiger partial charge in [-0.1, -0.05) is 0 Å². The molecule has 0 aromatic carbocycles. The molecule has 1 aromatic heterocycles. The van der Waals surface area contributed by atoms with E-state index in [0.29, 0.717) is 0 Å². The zero-order valence-electron chi connectivity index (χ0n) is 3.51. The number of thiazole rings is 1. The molecule has 0 aliphatic rings. The molecule has 0 aliphatic carbocycles. The summed E-state index contributed by atoms with van der Waals surface area (Å²) in [5, 5.41) is 1.88. The first-order valence-electron chi connectivity index (χ1n) is 1.25. The molecule has 1 rings (SSSR count). The Bertz CT molecular complexity index is 67.3. The van der Waals surface area contributed by atoms with Crippen LogP contribution < -0.4 is 51.4 Å². The fourth-order valence-electron chi connectivity index (χ4n) is 0.152. The molecule has 0 saturated heterocycles. The Morgan fingerprint density at radius 3 is 2.67 bits per heavy atom. The minimum atomic E-state index is 0. The second-order valence-electron chi connectivity index (χ2n) is 0.623. The number of aromatic nitrogens is 1. The minimum absolute atomic E-state index is 0. The van der Waals surface area contributed by atoms with E-state index >= 15 is 0 Å². The quantitative estimate of drug-likeness (QED) is 0.286. The third kappa shape index (κ3) is 2.44. The normalized spacial score (nSPS) is 6.67. The smallest absolute Gasteiger partial charge is 0.394 e. The molecule has 0 unspecified atom stereocenters. The van der Waals surface area contributed by atoms with Crippen molar-refractivity contribution < 1.29 is 51.4 Å². The van der Waals surface area contributed by atoms with Crippen molar-refractivity contribution in [1.29, 1.82) is 0 Å². The van der Waals surface area contributed by atoms with E-state index in [4.69, 9.17) is 0 Å². The third-order valence-corrected chi connectivity index (χ3v) is 0.777. The summed E-state index contributed by atoms with van der Waals surface area (Å²) in [6.07, 6.45) is 1.71. The fraction of sp³-hybridized carbons (Fsp3) is 0. The van der Waals surface area contributed by atoms with E-state index < -0.39 is 0 Å². The van der Waals surface area contributed by atoms with Crippen molar-refractivity contribution in [3.05, 3.63) is 17.1 Å². The van der Waals surface area contributed by atoms with E-state index in [-0.39, 0.29) is 51.4 Å². The van der Waals surface area contributed by atoms with E-state index in [1.807, 2.05) is 5.38 Å². The molecular weight excluding hydrogens is 121 g/mol. The van der Waals surface area contributed by atoms with Crippen LogP contribution in [0.15, 0.2) is 11.6 Å². The molecular formula is C3H2KNS. The summed E-state index contributed by atoms with van der Waals surface area (Å²) in [5.74, 6) is 0. The fourth-order valence-corrected chi connectivity index (χ4v) is 0.456. The monoisotopic (exact) mass is 123 g/mol. The average molecular weight is 123 g/mol. The maximum atomic E-state index is 3.62. The van der Waals surface area contributed by atoms with Gasteiger partial charge in [0.25, 0.3) is 0 Å². The van der Waals surface area contributed by atoms with Gasteiger partial charge in [-0.25, -0.2) is 0 Å². The Morgan fingerprint density at radius 1 is 1.67 bits per heavy atom. The summed E-state index contributed by atoms with van der Waals surface area (Å²) in [6.45, 7) is 0. The first-order valence-corrected chi connectivity index (χ1v) is 2.13. The van der Waals surface area contributed by atoms with Gasteiger partial charge in [0.2, 0.25) is 0 Å². The van der Waals surface area contributed by atoms with Crippen LogP contribution in [0.5, 0.6) is 0 Å². The molecule has 1 nitrogen and oxygen atoms in total. The number of hydrogen-bond acceptors (Lipinski definition) is 2. The molecule has 1 heterocycles. The first kappa shape index (κ1) is 7.27. The summed E-state index contributed by atoms with van der Waals surface area (Å²) in [6, 6.07) is 0. The molecule has 0 N–H and O–H groups in total. The molecule has 0 saturated carbocycles. The Labute approximate surface area is 83.2 Å². The Morgan fingerprint density at radius 2 is 2.50 bits per heavy atom. The molecule has 1 aromatic rings. The van der Waals surface area contributed by atoms with E-state index in [1.54, 1.807) is 6.20 Å². The second-order valence-corrected chi connectivity index (χ2v) is 1.31. The molecule has 0 fully saturated rings. The van der Waals surface area contributed by atoms with Crippen molar-refractivity contribution >= 4 is 11.3 Å². The van der Waals surface area contributed by atoms with Gasteiger partial charge in [-0.15, -0.1) is 11.6 Å². The van der Waals surface area contributed by atoms with Crippen molar-refractivity contribution in [2.45, 2.75) is 0 Å². The Hall–Kier alpha value is 1.27. The van der Waals surface area contributed by atoms with Crippen molar-refractivity contribution in [3.8, 4) is 0 Å². The summed E-state index contributed by atoms with van der Waals surface area (Å²) in [5.41, 5.74) is 2.65. The molecule has 0 aliphatic heterocycles. The third-order valence-electron chi connectivity index (χ3n) is 0.309. The van der Waals surface area contributed by atoms with Crippen LogP contribution >= 0.6 is 11.3 Å². The van der Waals surface area contributed by atoms with E-state index in [0.717, 1.165) is 0 Å². The number of rotatable bonds is 0. The van der Waals surface area contributed by atoms with Crippen molar-refractivity contribution in [2.75, 3.05) is 0 Å². The van der Waals surface area contributed by atoms with Gasteiger partial charge in [-0.05, 0) is 5.51 Å². The largest absolute Gasteiger partial charge is 1.00 e. The summed E-state index contributed by atoms with van der Waals surface area (Å²) in [7, 11) is 0. The van der Waals surface area contributed by atoms with Crippen LogP contribution in [0.3, 0.4) is 0 Å². The predicted molar refractivity (Wildman–Crippen MR) is 20.9 cm³/mol. The Kier molecular flexibility index (Phi) is 5.36. The standard InChI is InChI=1S/C3H2NS.K/c1-2-5-3-4-1;/h1-2H;/q-1;+1.